The Labute approximate surface area is 320 Å². The third-order valence-corrected chi connectivity index (χ3v) is 10.2. The van der Waals surface area contributed by atoms with Crippen LogP contribution in [0.25, 0.3) is 0 Å². The summed E-state index contributed by atoms with van der Waals surface area (Å²) in [5.41, 5.74) is 0. The van der Waals surface area contributed by atoms with Crippen LogP contribution in [0.1, 0.15) is 194 Å². The predicted molar refractivity (Wildman–Crippen MR) is 213 cm³/mol. The largest absolute Gasteiger partial charge is 0.756 e. The van der Waals surface area contributed by atoms with E-state index in [1.165, 1.54) is 122 Å². The van der Waals surface area contributed by atoms with E-state index in [0.29, 0.717) is 17.4 Å². The van der Waals surface area contributed by atoms with Crippen molar-refractivity contribution in [3.63, 3.8) is 0 Å². The molecular formula is C42H82NO8P. The van der Waals surface area contributed by atoms with Crippen LogP contribution >= 0.6 is 7.82 Å². The van der Waals surface area contributed by atoms with E-state index in [4.69, 9.17) is 18.5 Å². The highest BCUT2D eigenvalue weighted by Crippen LogP contribution is 2.38. The Morgan fingerprint density at radius 3 is 1.46 bits per heavy atom. The maximum atomic E-state index is 12.6. The number of allylic oxidation sites excluding steroid dienone is 2. The zero-order valence-electron chi connectivity index (χ0n) is 34.5. The van der Waals surface area contributed by atoms with Gasteiger partial charge in [0.25, 0.3) is 7.82 Å². The summed E-state index contributed by atoms with van der Waals surface area (Å²) >= 11 is 0. The topological polar surface area (TPSA) is 111 Å². The summed E-state index contributed by atoms with van der Waals surface area (Å²) in [5.74, 6) is -0.830. The predicted octanol–water partition coefficient (Wildman–Crippen LogP) is 11.2. The Morgan fingerprint density at radius 2 is 0.981 bits per heavy atom. The van der Waals surface area contributed by atoms with Crippen molar-refractivity contribution in [2.45, 2.75) is 200 Å². The first kappa shape index (κ1) is 50.8. The number of phosphoric acid groups is 1. The molecule has 0 bridgehead atoms. The lowest BCUT2D eigenvalue weighted by Crippen LogP contribution is -2.37. The first-order valence-electron chi connectivity index (χ1n) is 21.4. The van der Waals surface area contributed by atoms with Gasteiger partial charge in [-0.25, -0.2) is 0 Å². The molecule has 0 rings (SSSR count). The van der Waals surface area contributed by atoms with Crippen LogP contribution in [0.3, 0.4) is 0 Å². The first-order chi connectivity index (χ1) is 25.0. The smallest absolute Gasteiger partial charge is 0.306 e. The molecule has 0 fully saturated rings. The van der Waals surface area contributed by atoms with E-state index in [9.17, 15) is 19.0 Å². The van der Waals surface area contributed by atoms with Crippen LogP contribution in [0.4, 0.5) is 0 Å². The monoisotopic (exact) mass is 760 g/mol. The molecule has 1 unspecified atom stereocenters. The number of quaternary nitrogens is 1. The van der Waals surface area contributed by atoms with Gasteiger partial charge in [-0.05, 0) is 38.5 Å². The van der Waals surface area contributed by atoms with Gasteiger partial charge in [0.15, 0.2) is 6.10 Å². The summed E-state index contributed by atoms with van der Waals surface area (Å²) in [6.45, 7) is 4.22. The number of nitrogens with zero attached hydrogens (tertiary/aromatic N) is 1. The van der Waals surface area contributed by atoms with Gasteiger partial charge >= 0.3 is 11.9 Å². The van der Waals surface area contributed by atoms with E-state index in [2.05, 4.69) is 26.0 Å². The van der Waals surface area contributed by atoms with Crippen molar-refractivity contribution in [3.05, 3.63) is 12.2 Å². The molecule has 0 aliphatic heterocycles. The minimum atomic E-state index is -4.62. The number of hydrogen-bond acceptors (Lipinski definition) is 8. The third-order valence-electron chi connectivity index (χ3n) is 9.29. The van der Waals surface area contributed by atoms with Crippen molar-refractivity contribution < 1.29 is 42.1 Å². The molecule has 0 N–H and O–H groups in total. The van der Waals surface area contributed by atoms with Gasteiger partial charge in [-0.1, -0.05) is 154 Å². The highest BCUT2D eigenvalue weighted by Gasteiger charge is 2.21. The van der Waals surface area contributed by atoms with Crippen LogP contribution in [-0.2, 0) is 32.7 Å². The quantitative estimate of drug-likeness (QED) is 0.0200. The fourth-order valence-corrected chi connectivity index (χ4v) is 6.61. The van der Waals surface area contributed by atoms with Crippen LogP contribution in [-0.4, -0.2) is 70.0 Å². The summed E-state index contributed by atoms with van der Waals surface area (Å²) in [6.07, 6.45) is 35.1. The van der Waals surface area contributed by atoms with E-state index >= 15 is 0 Å². The van der Waals surface area contributed by atoms with Crippen molar-refractivity contribution in [2.24, 2.45) is 0 Å². The van der Waals surface area contributed by atoms with Crippen LogP contribution in [0.5, 0.6) is 0 Å². The molecule has 0 saturated heterocycles. The highest BCUT2D eigenvalue weighted by atomic mass is 31.2. The first-order valence-corrected chi connectivity index (χ1v) is 22.9. The van der Waals surface area contributed by atoms with Crippen molar-refractivity contribution in [1.29, 1.82) is 0 Å². The number of carbonyl (C=O) groups is 2. The van der Waals surface area contributed by atoms with Crippen LogP contribution in [0.2, 0.25) is 0 Å². The fraction of sp³-hybridized carbons (Fsp3) is 0.905. The zero-order chi connectivity index (χ0) is 38.6. The van der Waals surface area contributed by atoms with Gasteiger partial charge in [-0.2, -0.15) is 0 Å². The zero-order valence-corrected chi connectivity index (χ0v) is 35.4. The molecule has 10 heteroatoms. The van der Waals surface area contributed by atoms with Gasteiger partial charge in [0.2, 0.25) is 0 Å². The lowest BCUT2D eigenvalue weighted by atomic mass is 10.0. The number of rotatable bonds is 39. The molecule has 0 aliphatic carbocycles. The maximum absolute atomic E-state index is 12.6. The van der Waals surface area contributed by atoms with E-state index in [-0.39, 0.29) is 32.0 Å². The molecule has 0 saturated carbocycles. The molecule has 0 heterocycles. The molecule has 0 aromatic carbocycles. The second-order valence-corrected chi connectivity index (χ2v) is 17.1. The van der Waals surface area contributed by atoms with Gasteiger partial charge in [-0.3, -0.25) is 14.2 Å². The van der Waals surface area contributed by atoms with E-state index < -0.39 is 26.5 Å². The Balaban J connectivity index is 4.36. The summed E-state index contributed by atoms with van der Waals surface area (Å²) in [5, 5.41) is 0. The fourth-order valence-electron chi connectivity index (χ4n) is 5.88. The molecule has 2 atom stereocenters. The van der Waals surface area contributed by atoms with Crippen LogP contribution in [0, 0.1) is 0 Å². The number of likely N-dealkylation sites (N-methyl/N-ethyl adjacent to an activating group) is 1. The number of ether oxygens (including phenoxy) is 2. The van der Waals surface area contributed by atoms with Crippen molar-refractivity contribution >= 4 is 19.8 Å². The van der Waals surface area contributed by atoms with E-state index in [0.717, 1.165) is 38.5 Å². The Bertz CT molecular complexity index is 907. The molecule has 0 aromatic heterocycles. The molecular weight excluding hydrogens is 677 g/mol. The summed E-state index contributed by atoms with van der Waals surface area (Å²) < 4.78 is 33.9. The van der Waals surface area contributed by atoms with Gasteiger partial charge in [0.05, 0.1) is 27.7 Å². The van der Waals surface area contributed by atoms with Gasteiger partial charge < -0.3 is 27.9 Å². The third kappa shape index (κ3) is 38.5. The van der Waals surface area contributed by atoms with E-state index in [1.807, 2.05) is 21.1 Å². The number of carbonyl (C=O) groups excluding carboxylic acids is 2. The minimum Gasteiger partial charge on any atom is -0.756 e. The Kier molecular flexibility index (Phi) is 34.6. The average Bonchev–Trinajstić information content (AvgIpc) is 3.09. The second-order valence-electron chi connectivity index (χ2n) is 15.7. The number of hydrogen-bond donors (Lipinski definition) is 0. The van der Waals surface area contributed by atoms with Gasteiger partial charge in [0, 0.05) is 12.8 Å². The molecule has 9 nitrogen and oxygen atoms in total. The molecule has 0 aromatic rings. The van der Waals surface area contributed by atoms with Crippen LogP contribution < -0.4 is 4.89 Å². The standard InChI is InChI=1S/C42H82NO8P/c1-6-8-10-12-14-16-18-20-21-23-25-27-29-31-33-35-42(45)51-40(39-50-52(46,47)49-37-36-43(3,4)5)38-48-41(44)34-32-30-28-26-24-22-19-17-15-13-11-9-7-2/h14,16,40H,6-13,15,17-39H2,1-5H3/b16-14-/t40-/m1/s1. The number of phosphoric ester groups is 1. The lowest BCUT2D eigenvalue weighted by molar-refractivity contribution is -0.870. The van der Waals surface area contributed by atoms with E-state index in [1.54, 1.807) is 0 Å². The maximum Gasteiger partial charge on any atom is 0.306 e. The molecule has 308 valence electrons. The van der Waals surface area contributed by atoms with Crippen molar-refractivity contribution in [2.75, 3.05) is 47.5 Å². The molecule has 0 aliphatic rings. The second kappa shape index (κ2) is 35.5. The van der Waals surface area contributed by atoms with Gasteiger partial charge in [-0.15, -0.1) is 0 Å². The molecule has 0 spiro atoms. The highest BCUT2D eigenvalue weighted by molar-refractivity contribution is 7.45. The molecule has 52 heavy (non-hydrogen) atoms. The minimum absolute atomic E-state index is 0.0284. The van der Waals surface area contributed by atoms with Crippen LogP contribution in [0.15, 0.2) is 12.2 Å². The lowest BCUT2D eigenvalue weighted by Gasteiger charge is -2.28. The number of unbranched alkanes of at least 4 members (excludes halogenated alkanes) is 23. The molecule has 0 radical (unpaired) electrons. The van der Waals surface area contributed by atoms with Crippen molar-refractivity contribution in [3.8, 4) is 0 Å². The van der Waals surface area contributed by atoms with Gasteiger partial charge in [0.1, 0.15) is 19.8 Å². The summed E-state index contributed by atoms with van der Waals surface area (Å²) in [6, 6.07) is 0. The summed E-state index contributed by atoms with van der Waals surface area (Å²) in [7, 11) is 1.17. The average molecular weight is 760 g/mol. The SMILES string of the molecule is CCCCC/C=C\CCCCCCCCCCC(=O)O[C@H](COC(=O)CCCCCCCCCCCCCCC)COP(=O)([O-])OCC[N+](C)(C)C. The molecule has 0 amide bonds. The normalized spacial score (nSPS) is 13.7. The Hall–Kier alpha value is -1.25. The summed E-state index contributed by atoms with van der Waals surface area (Å²) in [4.78, 5) is 37.4. The van der Waals surface area contributed by atoms with Crippen molar-refractivity contribution in [1.82, 2.24) is 0 Å². The number of esters is 2. The Morgan fingerprint density at radius 1 is 0.577 bits per heavy atom.